The van der Waals surface area contributed by atoms with E-state index in [4.69, 9.17) is 9.47 Å². The molecule has 0 spiro atoms. The average molecular weight is 367 g/mol. The highest BCUT2D eigenvalue weighted by Gasteiger charge is 2.13. The minimum Gasteiger partial charge on any atom is -0.493 e. The summed E-state index contributed by atoms with van der Waals surface area (Å²) in [7, 11) is 3.18. The first kappa shape index (κ1) is 18.8. The number of aromatic nitrogens is 1. The molecular formula is C21H25N3O3. The first-order valence-corrected chi connectivity index (χ1v) is 9.07. The maximum Gasteiger partial charge on any atom is 0.244 e. The van der Waals surface area contributed by atoms with Crippen LogP contribution in [0.25, 0.3) is 6.08 Å². The summed E-state index contributed by atoms with van der Waals surface area (Å²) < 4.78 is 10.5. The molecule has 1 aromatic heterocycles. The zero-order valence-corrected chi connectivity index (χ0v) is 15.8. The number of carbonyl (C=O) groups excluding carboxylic acids is 1. The zero-order chi connectivity index (χ0) is 19.1. The van der Waals surface area contributed by atoms with Gasteiger partial charge in [0.2, 0.25) is 5.91 Å². The Kier molecular flexibility index (Phi) is 6.30. The van der Waals surface area contributed by atoms with Crippen molar-refractivity contribution in [3.8, 4) is 11.5 Å². The van der Waals surface area contributed by atoms with Crippen LogP contribution in [0.1, 0.15) is 24.0 Å². The summed E-state index contributed by atoms with van der Waals surface area (Å²) in [6, 6.07) is 9.49. The van der Waals surface area contributed by atoms with Gasteiger partial charge in [0.15, 0.2) is 11.5 Å². The van der Waals surface area contributed by atoms with Crippen LogP contribution in [-0.4, -0.2) is 38.2 Å². The summed E-state index contributed by atoms with van der Waals surface area (Å²) in [6.45, 7) is 2.58. The molecular weight excluding hydrogens is 342 g/mol. The van der Waals surface area contributed by atoms with Crippen molar-refractivity contribution < 1.29 is 14.3 Å². The molecule has 1 saturated heterocycles. The third-order valence-corrected chi connectivity index (χ3v) is 4.54. The second kappa shape index (κ2) is 9.07. The molecule has 0 unspecified atom stereocenters. The second-order valence-corrected chi connectivity index (χ2v) is 6.38. The number of hydrogen-bond acceptors (Lipinski definition) is 5. The number of methoxy groups -OCH3 is 2. The summed E-state index contributed by atoms with van der Waals surface area (Å²) in [6.07, 6.45) is 7.49. The topological polar surface area (TPSA) is 63.7 Å². The quantitative estimate of drug-likeness (QED) is 0.762. The Balaban J connectivity index is 1.56. The van der Waals surface area contributed by atoms with Crippen molar-refractivity contribution in [1.29, 1.82) is 0 Å². The van der Waals surface area contributed by atoms with Crippen molar-refractivity contribution in [2.75, 3.05) is 32.2 Å². The summed E-state index contributed by atoms with van der Waals surface area (Å²) in [4.78, 5) is 18.8. The van der Waals surface area contributed by atoms with E-state index in [-0.39, 0.29) is 5.91 Å². The summed E-state index contributed by atoms with van der Waals surface area (Å²) in [5, 5.41) is 2.91. The SMILES string of the molecule is COc1ccc(/C=C/C(=O)NCc2ccnc(N3CCCC3)c2)cc1OC. The molecule has 6 nitrogen and oxygen atoms in total. The Morgan fingerprint density at radius 3 is 2.67 bits per heavy atom. The van der Waals surface area contributed by atoms with Crippen LogP contribution >= 0.6 is 0 Å². The number of amides is 1. The van der Waals surface area contributed by atoms with Crippen molar-refractivity contribution in [3.05, 3.63) is 53.7 Å². The minimum atomic E-state index is -0.149. The molecule has 3 rings (SSSR count). The largest absolute Gasteiger partial charge is 0.493 e. The Morgan fingerprint density at radius 2 is 1.93 bits per heavy atom. The third kappa shape index (κ3) is 5.00. The number of benzene rings is 1. The summed E-state index contributed by atoms with van der Waals surface area (Å²) >= 11 is 0. The number of pyridine rings is 1. The first-order chi connectivity index (χ1) is 13.2. The van der Waals surface area contributed by atoms with Gasteiger partial charge in [-0.3, -0.25) is 4.79 Å². The van der Waals surface area contributed by atoms with E-state index < -0.39 is 0 Å². The third-order valence-electron chi connectivity index (χ3n) is 4.54. The van der Waals surface area contributed by atoms with Crippen molar-refractivity contribution >= 4 is 17.8 Å². The van der Waals surface area contributed by atoms with Crippen molar-refractivity contribution in [2.45, 2.75) is 19.4 Å². The van der Waals surface area contributed by atoms with E-state index in [0.29, 0.717) is 18.0 Å². The molecule has 1 N–H and O–H groups in total. The van der Waals surface area contributed by atoms with Gasteiger partial charge in [-0.1, -0.05) is 6.07 Å². The van der Waals surface area contributed by atoms with Crippen LogP contribution in [0.5, 0.6) is 11.5 Å². The fourth-order valence-corrected chi connectivity index (χ4v) is 3.07. The van der Waals surface area contributed by atoms with Gasteiger partial charge in [0.05, 0.1) is 14.2 Å². The van der Waals surface area contributed by atoms with E-state index in [1.807, 2.05) is 30.3 Å². The lowest BCUT2D eigenvalue weighted by Crippen LogP contribution is -2.22. The van der Waals surface area contributed by atoms with Gasteiger partial charge in [0.25, 0.3) is 0 Å². The number of rotatable bonds is 7. The molecule has 0 atom stereocenters. The Labute approximate surface area is 159 Å². The lowest BCUT2D eigenvalue weighted by molar-refractivity contribution is -0.116. The molecule has 0 bridgehead atoms. The highest BCUT2D eigenvalue weighted by molar-refractivity contribution is 5.91. The molecule has 2 heterocycles. The zero-order valence-electron chi connectivity index (χ0n) is 15.8. The predicted octanol–water partition coefficient (Wildman–Crippen LogP) is 3.03. The Morgan fingerprint density at radius 1 is 1.15 bits per heavy atom. The van der Waals surface area contributed by atoms with E-state index in [2.05, 4.69) is 15.2 Å². The van der Waals surface area contributed by atoms with Gasteiger partial charge >= 0.3 is 0 Å². The normalized spacial score (nSPS) is 13.8. The van der Waals surface area contributed by atoms with Gasteiger partial charge in [0.1, 0.15) is 5.82 Å². The van der Waals surface area contributed by atoms with Crippen LogP contribution in [0.2, 0.25) is 0 Å². The molecule has 1 fully saturated rings. The molecule has 6 heteroatoms. The monoisotopic (exact) mass is 367 g/mol. The fraction of sp³-hybridized carbons (Fsp3) is 0.333. The molecule has 1 aliphatic rings. The molecule has 0 radical (unpaired) electrons. The van der Waals surface area contributed by atoms with Crippen molar-refractivity contribution in [2.24, 2.45) is 0 Å². The van der Waals surface area contributed by atoms with Gasteiger partial charge < -0.3 is 19.7 Å². The molecule has 1 amide bonds. The van der Waals surface area contributed by atoms with Crippen LogP contribution < -0.4 is 19.7 Å². The van der Waals surface area contributed by atoms with E-state index in [1.165, 1.54) is 18.9 Å². The standard InChI is InChI=1S/C21H25N3O3/c1-26-18-7-5-16(13-19(18)27-2)6-8-21(25)23-15-17-9-10-22-20(14-17)24-11-3-4-12-24/h5-10,13-14H,3-4,11-12,15H2,1-2H3,(H,23,25)/b8-6+. The van der Waals surface area contributed by atoms with Crippen LogP contribution in [0.3, 0.4) is 0 Å². The fourth-order valence-electron chi connectivity index (χ4n) is 3.07. The molecule has 1 aliphatic heterocycles. The maximum atomic E-state index is 12.1. The minimum absolute atomic E-state index is 0.149. The molecule has 142 valence electrons. The second-order valence-electron chi connectivity index (χ2n) is 6.38. The molecule has 0 saturated carbocycles. The molecule has 0 aliphatic carbocycles. The van der Waals surface area contributed by atoms with Crippen molar-refractivity contribution in [3.63, 3.8) is 0 Å². The number of nitrogens with zero attached hydrogens (tertiary/aromatic N) is 2. The van der Waals surface area contributed by atoms with Gasteiger partial charge in [-0.2, -0.15) is 0 Å². The molecule has 1 aromatic carbocycles. The van der Waals surface area contributed by atoms with E-state index in [9.17, 15) is 4.79 Å². The Bertz CT molecular complexity index is 814. The van der Waals surface area contributed by atoms with Crippen LogP contribution in [-0.2, 0) is 11.3 Å². The highest BCUT2D eigenvalue weighted by atomic mass is 16.5. The number of anilines is 1. The molecule has 2 aromatic rings. The van der Waals surface area contributed by atoms with E-state index >= 15 is 0 Å². The number of carbonyl (C=O) groups is 1. The molecule has 27 heavy (non-hydrogen) atoms. The lowest BCUT2D eigenvalue weighted by Gasteiger charge is -2.16. The smallest absolute Gasteiger partial charge is 0.244 e. The van der Waals surface area contributed by atoms with E-state index in [1.54, 1.807) is 26.5 Å². The van der Waals surface area contributed by atoms with Gasteiger partial charge in [-0.15, -0.1) is 0 Å². The average Bonchev–Trinajstić information content (AvgIpc) is 3.25. The number of ether oxygens (including phenoxy) is 2. The lowest BCUT2D eigenvalue weighted by atomic mass is 10.2. The van der Waals surface area contributed by atoms with Crippen LogP contribution in [0.4, 0.5) is 5.82 Å². The highest BCUT2D eigenvalue weighted by Crippen LogP contribution is 2.27. The summed E-state index contributed by atoms with van der Waals surface area (Å²) in [5.41, 5.74) is 1.91. The first-order valence-electron chi connectivity index (χ1n) is 9.07. The van der Waals surface area contributed by atoms with Crippen LogP contribution in [0.15, 0.2) is 42.6 Å². The van der Waals surface area contributed by atoms with Gasteiger partial charge in [-0.25, -0.2) is 4.98 Å². The number of nitrogens with one attached hydrogen (secondary N) is 1. The Hall–Kier alpha value is -3.02. The maximum absolute atomic E-state index is 12.1. The van der Waals surface area contributed by atoms with Gasteiger partial charge in [-0.05, 0) is 54.3 Å². The summed E-state index contributed by atoms with van der Waals surface area (Å²) in [5.74, 6) is 2.13. The van der Waals surface area contributed by atoms with Crippen molar-refractivity contribution in [1.82, 2.24) is 10.3 Å². The van der Waals surface area contributed by atoms with Crippen LogP contribution in [0, 0.1) is 0 Å². The predicted molar refractivity (Wildman–Crippen MR) is 106 cm³/mol. The number of hydrogen-bond donors (Lipinski definition) is 1. The van der Waals surface area contributed by atoms with Gasteiger partial charge in [0, 0.05) is 31.9 Å². The van der Waals surface area contributed by atoms with E-state index in [0.717, 1.165) is 30.0 Å².